The summed E-state index contributed by atoms with van der Waals surface area (Å²) < 4.78 is 5.71. The van der Waals surface area contributed by atoms with E-state index in [2.05, 4.69) is 55.3 Å². The van der Waals surface area contributed by atoms with Crippen LogP contribution >= 0.6 is 0 Å². The summed E-state index contributed by atoms with van der Waals surface area (Å²) in [7, 11) is 2.05. The van der Waals surface area contributed by atoms with Crippen LogP contribution in [0.1, 0.15) is 37.9 Å². The topological polar surface area (TPSA) is 24.5 Å². The van der Waals surface area contributed by atoms with Crippen LogP contribution in [0, 0.1) is 0 Å². The van der Waals surface area contributed by atoms with Gasteiger partial charge in [0.25, 0.3) is 0 Å². The first-order valence-corrected chi connectivity index (χ1v) is 7.75. The first-order chi connectivity index (χ1) is 9.63. The van der Waals surface area contributed by atoms with Gasteiger partial charge < -0.3 is 10.1 Å². The van der Waals surface area contributed by atoms with Gasteiger partial charge in [-0.25, -0.2) is 0 Å². The molecule has 0 aromatic heterocycles. The van der Waals surface area contributed by atoms with E-state index >= 15 is 0 Å². The van der Waals surface area contributed by atoms with Gasteiger partial charge in [0.2, 0.25) is 0 Å². The number of likely N-dealkylation sites (N-methyl/N-ethyl adjacent to an activating group) is 1. The second kappa shape index (κ2) is 7.21. The predicted molar refractivity (Wildman–Crippen MR) is 84.1 cm³/mol. The van der Waals surface area contributed by atoms with Gasteiger partial charge in [0.05, 0.1) is 12.7 Å². The highest BCUT2D eigenvalue weighted by atomic mass is 16.5. The van der Waals surface area contributed by atoms with Gasteiger partial charge in [-0.3, -0.25) is 4.90 Å². The lowest BCUT2D eigenvalue weighted by molar-refractivity contribution is -0.0519. The van der Waals surface area contributed by atoms with Gasteiger partial charge in [0.1, 0.15) is 0 Å². The summed E-state index contributed by atoms with van der Waals surface area (Å²) >= 11 is 0. The Hall–Kier alpha value is -0.900. The van der Waals surface area contributed by atoms with Crippen LogP contribution in [-0.2, 0) is 11.2 Å². The van der Waals surface area contributed by atoms with Crippen molar-refractivity contribution in [2.24, 2.45) is 0 Å². The Kier molecular flexibility index (Phi) is 5.58. The number of rotatable bonds is 5. The summed E-state index contributed by atoms with van der Waals surface area (Å²) in [5.41, 5.74) is 2.77. The molecule has 3 atom stereocenters. The second-order valence-electron chi connectivity index (χ2n) is 5.88. The lowest BCUT2D eigenvalue weighted by atomic mass is 10.0. The first-order valence-electron chi connectivity index (χ1n) is 7.75. The molecule has 112 valence electrons. The average Bonchev–Trinajstić information content (AvgIpc) is 2.48. The summed E-state index contributed by atoms with van der Waals surface area (Å²) in [6, 6.07) is 9.88. The van der Waals surface area contributed by atoms with E-state index in [1.54, 1.807) is 0 Å². The Bertz CT molecular complexity index is 404. The van der Waals surface area contributed by atoms with Crippen LogP contribution in [0.4, 0.5) is 0 Å². The molecule has 0 radical (unpaired) electrons. The van der Waals surface area contributed by atoms with E-state index in [0.29, 0.717) is 18.2 Å². The van der Waals surface area contributed by atoms with Crippen molar-refractivity contribution in [1.82, 2.24) is 10.2 Å². The third-order valence-corrected chi connectivity index (χ3v) is 4.29. The summed E-state index contributed by atoms with van der Waals surface area (Å²) in [4.78, 5) is 2.53. The van der Waals surface area contributed by atoms with Crippen molar-refractivity contribution in [1.29, 1.82) is 0 Å². The molecule has 1 aliphatic heterocycles. The van der Waals surface area contributed by atoms with Gasteiger partial charge in [-0.1, -0.05) is 31.2 Å². The molecule has 1 N–H and O–H groups in total. The minimum absolute atomic E-state index is 0.339. The Morgan fingerprint density at radius 2 is 2.00 bits per heavy atom. The zero-order valence-electron chi connectivity index (χ0n) is 13.2. The fourth-order valence-electron chi connectivity index (χ4n) is 2.81. The third kappa shape index (κ3) is 3.81. The minimum atomic E-state index is 0.339. The van der Waals surface area contributed by atoms with E-state index in [0.717, 1.165) is 26.1 Å². The number of nitrogens with zero attached hydrogens (tertiary/aromatic N) is 1. The number of benzene rings is 1. The van der Waals surface area contributed by atoms with E-state index in [9.17, 15) is 0 Å². The van der Waals surface area contributed by atoms with Crippen molar-refractivity contribution in [2.45, 2.75) is 45.4 Å². The standard InChI is InChI=1S/C17H28N2O/c1-5-15-6-8-16(9-7-15)17(18-4)11-19-10-14(3)20-12-13(19)2/h6-9,13-14,17-18H,5,10-12H2,1-4H3. The molecule has 1 aromatic rings. The summed E-state index contributed by atoms with van der Waals surface area (Å²) in [6.45, 7) is 9.50. The highest BCUT2D eigenvalue weighted by Crippen LogP contribution is 2.19. The van der Waals surface area contributed by atoms with Crippen molar-refractivity contribution >= 4 is 0 Å². The maximum atomic E-state index is 5.71. The third-order valence-electron chi connectivity index (χ3n) is 4.29. The highest BCUT2D eigenvalue weighted by Gasteiger charge is 2.25. The maximum absolute atomic E-state index is 5.71. The normalized spacial score (nSPS) is 25.6. The molecule has 3 nitrogen and oxygen atoms in total. The highest BCUT2D eigenvalue weighted by molar-refractivity contribution is 5.25. The van der Waals surface area contributed by atoms with Crippen molar-refractivity contribution in [3.63, 3.8) is 0 Å². The smallest absolute Gasteiger partial charge is 0.0674 e. The van der Waals surface area contributed by atoms with E-state index in [1.165, 1.54) is 11.1 Å². The van der Waals surface area contributed by atoms with Gasteiger partial charge in [0.15, 0.2) is 0 Å². The van der Waals surface area contributed by atoms with E-state index in [1.807, 2.05) is 7.05 Å². The molecule has 0 aliphatic carbocycles. The fraction of sp³-hybridized carbons (Fsp3) is 0.647. The van der Waals surface area contributed by atoms with Crippen LogP contribution in [0.3, 0.4) is 0 Å². The van der Waals surface area contributed by atoms with Gasteiger partial charge in [-0.05, 0) is 38.4 Å². The van der Waals surface area contributed by atoms with E-state index < -0.39 is 0 Å². The molecule has 0 saturated carbocycles. The molecule has 3 unspecified atom stereocenters. The van der Waals surface area contributed by atoms with E-state index in [-0.39, 0.29) is 0 Å². The minimum Gasteiger partial charge on any atom is -0.376 e. The molecule has 1 saturated heterocycles. The molecule has 20 heavy (non-hydrogen) atoms. The molecule has 0 amide bonds. The Morgan fingerprint density at radius 3 is 2.60 bits per heavy atom. The molecule has 1 fully saturated rings. The van der Waals surface area contributed by atoms with Crippen molar-refractivity contribution < 1.29 is 4.74 Å². The molecular weight excluding hydrogens is 248 g/mol. The molecule has 0 bridgehead atoms. The molecule has 3 heteroatoms. The number of hydrogen-bond acceptors (Lipinski definition) is 3. The first kappa shape index (κ1) is 15.5. The molecule has 2 rings (SSSR count). The number of morpholine rings is 1. The number of ether oxygens (including phenoxy) is 1. The summed E-state index contributed by atoms with van der Waals surface area (Å²) in [5, 5.41) is 3.46. The van der Waals surface area contributed by atoms with Gasteiger partial charge >= 0.3 is 0 Å². The van der Waals surface area contributed by atoms with Gasteiger partial charge in [-0.15, -0.1) is 0 Å². The summed E-state index contributed by atoms with van der Waals surface area (Å²) in [5.74, 6) is 0. The van der Waals surface area contributed by atoms with E-state index in [4.69, 9.17) is 4.74 Å². The molecule has 0 spiro atoms. The Balaban J connectivity index is 2.03. The van der Waals surface area contributed by atoms with Gasteiger partial charge in [-0.2, -0.15) is 0 Å². The van der Waals surface area contributed by atoms with Crippen LogP contribution < -0.4 is 5.32 Å². The van der Waals surface area contributed by atoms with Crippen LogP contribution in [0.25, 0.3) is 0 Å². The van der Waals surface area contributed by atoms with Crippen LogP contribution in [0.5, 0.6) is 0 Å². The maximum Gasteiger partial charge on any atom is 0.0674 e. The summed E-state index contributed by atoms with van der Waals surface area (Å²) in [6.07, 6.45) is 1.44. The average molecular weight is 276 g/mol. The van der Waals surface area contributed by atoms with Crippen molar-refractivity contribution in [2.75, 3.05) is 26.7 Å². The number of hydrogen-bond donors (Lipinski definition) is 1. The quantitative estimate of drug-likeness (QED) is 0.895. The van der Waals surface area contributed by atoms with Crippen molar-refractivity contribution in [3.8, 4) is 0 Å². The van der Waals surface area contributed by atoms with Crippen LogP contribution in [0.15, 0.2) is 24.3 Å². The largest absolute Gasteiger partial charge is 0.376 e. The Labute approximate surface area is 123 Å². The second-order valence-corrected chi connectivity index (χ2v) is 5.88. The Morgan fingerprint density at radius 1 is 1.30 bits per heavy atom. The lowest BCUT2D eigenvalue weighted by Crippen LogP contribution is -2.49. The number of nitrogens with one attached hydrogen (secondary N) is 1. The monoisotopic (exact) mass is 276 g/mol. The fourth-order valence-corrected chi connectivity index (χ4v) is 2.81. The van der Waals surface area contributed by atoms with Gasteiger partial charge in [0, 0.05) is 25.2 Å². The van der Waals surface area contributed by atoms with Crippen LogP contribution in [-0.4, -0.2) is 43.8 Å². The number of aryl methyl sites for hydroxylation is 1. The zero-order valence-corrected chi connectivity index (χ0v) is 13.2. The van der Waals surface area contributed by atoms with Crippen LogP contribution in [0.2, 0.25) is 0 Å². The molecule has 1 heterocycles. The van der Waals surface area contributed by atoms with Crippen molar-refractivity contribution in [3.05, 3.63) is 35.4 Å². The molecule has 1 aliphatic rings. The SMILES string of the molecule is CCc1ccc(C(CN2CC(C)OCC2C)NC)cc1. The zero-order chi connectivity index (χ0) is 14.5. The lowest BCUT2D eigenvalue weighted by Gasteiger charge is -2.38. The molecular formula is C17H28N2O. The predicted octanol–water partition coefficient (Wildman–Crippen LogP) is 2.62. The molecule has 1 aromatic carbocycles.